The topological polar surface area (TPSA) is 41.8 Å². The number of para-hydroxylation sites is 1. The van der Waals surface area contributed by atoms with Crippen LogP contribution in [0.15, 0.2) is 42.1 Å². The minimum atomic E-state index is 0.583. The largest absolute Gasteiger partial charge is 0.493 e. The van der Waals surface area contributed by atoms with Crippen molar-refractivity contribution in [1.82, 2.24) is 0 Å². The van der Waals surface area contributed by atoms with Crippen LogP contribution < -0.4 is 4.74 Å². The van der Waals surface area contributed by atoms with Gasteiger partial charge >= 0.3 is 0 Å². The molecule has 1 aromatic rings. The van der Waals surface area contributed by atoms with Crippen LogP contribution in [0.2, 0.25) is 0 Å². The molecule has 0 amide bonds. The quantitative estimate of drug-likeness (QED) is 0.255. The van der Waals surface area contributed by atoms with Crippen LogP contribution in [0.3, 0.4) is 0 Å². The second-order valence-electron chi connectivity index (χ2n) is 2.71. The van der Waals surface area contributed by atoms with E-state index in [1.165, 1.54) is 6.21 Å². The van der Waals surface area contributed by atoms with Crippen LogP contribution in [-0.2, 0) is 0 Å². The highest BCUT2D eigenvalue weighted by Crippen LogP contribution is 2.15. The molecule has 1 N–H and O–H groups in total. The van der Waals surface area contributed by atoms with Gasteiger partial charge in [0.2, 0.25) is 0 Å². The molecule has 0 radical (unpaired) electrons. The zero-order valence-electron chi connectivity index (χ0n) is 7.89. The van der Waals surface area contributed by atoms with Gasteiger partial charge in [0.05, 0.1) is 12.8 Å². The molecule has 0 aromatic heterocycles. The molecule has 1 aromatic carbocycles. The molecule has 14 heavy (non-hydrogen) atoms. The van der Waals surface area contributed by atoms with Crippen molar-refractivity contribution in [3.05, 3.63) is 42.5 Å². The predicted octanol–water partition coefficient (Wildman–Crippen LogP) is 2.45. The Morgan fingerprint density at radius 2 is 2.21 bits per heavy atom. The number of hydrogen-bond acceptors (Lipinski definition) is 3. The van der Waals surface area contributed by atoms with E-state index in [0.29, 0.717) is 12.4 Å². The molecule has 0 bridgehead atoms. The summed E-state index contributed by atoms with van der Waals surface area (Å²) in [6, 6.07) is 7.39. The minimum absolute atomic E-state index is 0.583. The third-order valence-electron chi connectivity index (χ3n) is 1.70. The second kappa shape index (κ2) is 5.80. The van der Waals surface area contributed by atoms with Gasteiger partial charge in [-0.15, -0.1) is 6.58 Å². The summed E-state index contributed by atoms with van der Waals surface area (Å²) in [5.74, 6) is 0.715. The van der Waals surface area contributed by atoms with E-state index < -0.39 is 0 Å². The van der Waals surface area contributed by atoms with Gasteiger partial charge in [-0.2, -0.15) is 0 Å². The van der Waals surface area contributed by atoms with Crippen molar-refractivity contribution in [3.8, 4) is 5.75 Å². The van der Waals surface area contributed by atoms with Gasteiger partial charge in [0, 0.05) is 5.56 Å². The Kier molecular flexibility index (Phi) is 4.27. The predicted molar refractivity (Wildman–Crippen MR) is 56.1 cm³/mol. The Balaban J connectivity index is 2.68. The third kappa shape index (κ3) is 2.94. The molecule has 0 aliphatic carbocycles. The molecule has 0 aliphatic rings. The zero-order valence-corrected chi connectivity index (χ0v) is 7.89. The monoisotopic (exact) mass is 191 g/mol. The molecule has 74 valence electrons. The fraction of sp³-hybridized carbons (Fsp3) is 0.182. The van der Waals surface area contributed by atoms with Crippen LogP contribution in [-0.4, -0.2) is 18.0 Å². The van der Waals surface area contributed by atoms with Gasteiger partial charge in [0.25, 0.3) is 0 Å². The number of rotatable bonds is 5. The molecular formula is C11H13NO2. The molecule has 1 rings (SSSR count). The number of hydrogen-bond donors (Lipinski definition) is 1. The molecule has 0 spiro atoms. The lowest BCUT2D eigenvalue weighted by atomic mass is 10.2. The van der Waals surface area contributed by atoms with Crippen LogP contribution in [0.5, 0.6) is 5.75 Å². The van der Waals surface area contributed by atoms with Gasteiger partial charge < -0.3 is 9.94 Å². The lowest BCUT2D eigenvalue weighted by Gasteiger charge is -2.06. The summed E-state index contributed by atoms with van der Waals surface area (Å²) in [5, 5.41) is 11.4. The summed E-state index contributed by atoms with van der Waals surface area (Å²) >= 11 is 0. The molecule has 0 atom stereocenters. The van der Waals surface area contributed by atoms with E-state index >= 15 is 0 Å². The van der Waals surface area contributed by atoms with Gasteiger partial charge in [-0.1, -0.05) is 23.4 Å². The van der Waals surface area contributed by atoms with Gasteiger partial charge in [0.15, 0.2) is 0 Å². The van der Waals surface area contributed by atoms with Crippen LogP contribution in [0, 0.1) is 0 Å². The lowest BCUT2D eigenvalue weighted by molar-refractivity contribution is 0.317. The smallest absolute Gasteiger partial charge is 0.128 e. The lowest BCUT2D eigenvalue weighted by Crippen LogP contribution is -1.98. The fourth-order valence-corrected chi connectivity index (χ4v) is 1.03. The molecule has 0 unspecified atom stereocenters. The summed E-state index contributed by atoms with van der Waals surface area (Å²) in [7, 11) is 0. The third-order valence-corrected chi connectivity index (χ3v) is 1.70. The van der Waals surface area contributed by atoms with E-state index in [1.54, 1.807) is 6.08 Å². The molecular weight excluding hydrogens is 178 g/mol. The fourth-order valence-electron chi connectivity index (χ4n) is 1.03. The van der Waals surface area contributed by atoms with Crippen LogP contribution in [0.25, 0.3) is 0 Å². The van der Waals surface area contributed by atoms with Crippen molar-refractivity contribution in [2.45, 2.75) is 6.42 Å². The van der Waals surface area contributed by atoms with Crippen LogP contribution in [0.1, 0.15) is 12.0 Å². The maximum Gasteiger partial charge on any atom is 0.128 e. The molecule has 0 saturated heterocycles. The van der Waals surface area contributed by atoms with E-state index in [0.717, 1.165) is 12.0 Å². The summed E-state index contributed by atoms with van der Waals surface area (Å²) in [6.07, 6.45) is 3.94. The Bertz CT molecular complexity index is 321. The van der Waals surface area contributed by atoms with Crippen molar-refractivity contribution in [3.63, 3.8) is 0 Å². The molecule has 0 saturated carbocycles. The van der Waals surface area contributed by atoms with Gasteiger partial charge in [-0.3, -0.25) is 0 Å². The first kappa shape index (κ1) is 10.3. The number of oxime groups is 1. The SMILES string of the molecule is C=CCCOc1ccccc1C=NO. The van der Waals surface area contributed by atoms with Crippen molar-refractivity contribution in [1.29, 1.82) is 0 Å². The molecule has 0 fully saturated rings. The Morgan fingerprint density at radius 3 is 2.93 bits per heavy atom. The highest BCUT2D eigenvalue weighted by molar-refractivity contribution is 5.82. The highest BCUT2D eigenvalue weighted by Gasteiger charge is 1.98. The molecule has 3 heteroatoms. The maximum atomic E-state index is 8.41. The second-order valence-corrected chi connectivity index (χ2v) is 2.71. The molecule has 3 nitrogen and oxygen atoms in total. The summed E-state index contributed by atoms with van der Waals surface area (Å²) in [5.41, 5.74) is 0.763. The van der Waals surface area contributed by atoms with E-state index in [1.807, 2.05) is 24.3 Å². The summed E-state index contributed by atoms with van der Waals surface area (Å²) in [4.78, 5) is 0. The average Bonchev–Trinajstić information content (AvgIpc) is 2.21. The number of nitrogens with zero attached hydrogens (tertiary/aromatic N) is 1. The first-order valence-electron chi connectivity index (χ1n) is 4.38. The normalized spacial score (nSPS) is 10.3. The van der Waals surface area contributed by atoms with Crippen molar-refractivity contribution < 1.29 is 9.94 Å². The molecule has 0 aliphatic heterocycles. The van der Waals surface area contributed by atoms with Crippen molar-refractivity contribution in [2.75, 3.05) is 6.61 Å². The number of ether oxygens (including phenoxy) is 1. The summed E-state index contributed by atoms with van der Waals surface area (Å²) in [6.45, 7) is 4.19. The van der Waals surface area contributed by atoms with E-state index in [-0.39, 0.29) is 0 Å². The van der Waals surface area contributed by atoms with Crippen LogP contribution in [0.4, 0.5) is 0 Å². The maximum absolute atomic E-state index is 8.41. The number of benzene rings is 1. The highest BCUT2D eigenvalue weighted by atomic mass is 16.5. The van der Waals surface area contributed by atoms with Crippen LogP contribution >= 0.6 is 0 Å². The Hall–Kier alpha value is -1.77. The standard InChI is InChI=1S/C11H13NO2/c1-2-3-8-14-11-7-5-4-6-10(11)9-12-13/h2,4-7,9,13H,1,3,8H2. The Morgan fingerprint density at radius 1 is 1.43 bits per heavy atom. The van der Waals surface area contributed by atoms with E-state index in [2.05, 4.69) is 11.7 Å². The molecule has 0 heterocycles. The Labute approximate surface area is 83.3 Å². The zero-order chi connectivity index (χ0) is 10.2. The summed E-state index contributed by atoms with van der Waals surface area (Å²) < 4.78 is 5.46. The van der Waals surface area contributed by atoms with Gasteiger partial charge in [-0.05, 0) is 18.6 Å². The van der Waals surface area contributed by atoms with E-state index in [9.17, 15) is 0 Å². The van der Waals surface area contributed by atoms with Gasteiger partial charge in [-0.25, -0.2) is 0 Å². The van der Waals surface area contributed by atoms with Crippen molar-refractivity contribution >= 4 is 6.21 Å². The van der Waals surface area contributed by atoms with Crippen molar-refractivity contribution in [2.24, 2.45) is 5.16 Å². The average molecular weight is 191 g/mol. The first-order valence-corrected chi connectivity index (χ1v) is 4.38. The first-order chi connectivity index (χ1) is 6.88. The minimum Gasteiger partial charge on any atom is -0.493 e. The van der Waals surface area contributed by atoms with E-state index in [4.69, 9.17) is 9.94 Å². The van der Waals surface area contributed by atoms with Gasteiger partial charge in [0.1, 0.15) is 5.75 Å².